The fourth-order valence-corrected chi connectivity index (χ4v) is 11.3. The third kappa shape index (κ3) is 7.49. The molecule has 0 fully saturated rings. The Balaban J connectivity index is 0.965. The molecule has 73 heavy (non-hydrogen) atoms. The van der Waals surface area contributed by atoms with Crippen molar-refractivity contribution in [3.8, 4) is 33.8 Å². The molecule has 4 heterocycles. The van der Waals surface area contributed by atoms with Crippen LogP contribution in [0.2, 0.25) is 0 Å². The molecule has 0 amide bonds. The molecular weight excluding hydrogens is 889 g/mol. The first-order chi connectivity index (χ1) is 35.5. The number of hydrogen-bond donors (Lipinski definition) is 0. The Hall–Kier alpha value is -8.67. The largest absolute Gasteiger partial charge is 0.457 e. The van der Waals surface area contributed by atoms with E-state index in [0.717, 1.165) is 61.4 Å². The van der Waals surface area contributed by atoms with Gasteiger partial charge in [0.05, 0.1) is 28.1 Å². The Bertz CT molecular complexity index is 4120. The molecule has 0 saturated carbocycles. The van der Waals surface area contributed by atoms with Crippen LogP contribution >= 0.6 is 0 Å². The van der Waals surface area contributed by atoms with Gasteiger partial charge in [-0.05, 0) is 115 Å². The molecule has 9 aromatic carbocycles. The third-order valence-corrected chi connectivity index (χ3v) is 15.0. The third-order valence-electron chi connectivity index (χ3n) is 15.0. The Morgan fingerprint density at radius 2 is 0.945 bits per heavy atom. The first kappa shape index (κ1) is 44.3. The maximum absolute atomic E-state index is 6.98. The van der Waals surface area contributed by atoms with E-state index in [2.05, 4.69) is 268 Å². The van der Waals surface area contributed by atoms with Crippen LogP contribution in [-0.2, 0) is 10.8 Å². The average molecular weight is 945 g/mol. The van der Waals surface area contributed by atoms with Gasteiger partial charge in [-0.15, -0.1) is 0 Å². The summed E-state index contributed by atoms with van der Waals surface area (Å²) < 4.78 is 9.37. The van der Waals surface area contributed by atoms with Crippen LogP contribution in [0.1, 0.15) is 52.7 Å². The number of anilines is 4. The minimum atomic E-state index is -0.0366. The quantitative estimate of drug-likeness (QED) is 0.166. The lowest BCUT2D eigenvalue weighted by Crippen LogP contribution is -2.24. The summed E-state index contributed by atoms with van der Waals surface area (Å²) in [5.41, 5.74) is 14.8. The molecule has 3 aromatic heterocycles. The highest BCUT2D eigenvalue weighted by atomic mass is 16.5. The molecule has 0 aliphatic carbocycles. The molecule has 354 valence electrons. The highest BCUT2D eigenvalue weighted by Crippen LogP contribution is 2.51. The Labute approximate surface area is 426 Å². The molecule has 13 rings (SSSR count). The van der Waals surface area contributed by atoms with Crippen LogP contribution in [0.3, 0.4) is 0 Å². The van der Waals surface area contributed by atoms with Crippen LogP contribution in [0.25, 0.3) is 82.0 Å². The molecule has 0 atom stereocenters. The number of aromatic nitrogens is 2. The van der Waals surface area contributed by atoms with E-state index in [-0.39, 0.29) is 10.8 Å². The van der Waals surface area contributed by atoms with Gasteiger partial charge in [-0.3, -0.25) is 4.40 Å². The van der Waals surface area contributed by atoms with Crippen LogP contribution in [-0.4, -0.2) is 16.1 Å². The number of nitrogens with zero attached hydrogens (tertiary/aromatic N) is 4. The van der Waals surface area contributed by atoms with E-state index in [9.17, 15) is 0 Å². The molecule has 12 aromatic rings. The predicted octanol–water partition coefficient (Wildman–Crippen LogP) is 18.6. The Morgan fingerprint density at radius 3 is 1.59 bits per heavy atom. The van der Waals surface area contributed by atoms with Gasteiger partial charge in [0.2, 0.25) is 0 Å². The summed E-state index contributed by atoms with van der Waals surface area (Å²) in [5, 5.41) is 9.40. The van der Waals surface area contributed by atoms with Crippen molar-refractivity contribution in [2.75, 3.05) is 16.5 Å². The maximum atomic E-state index is 6.98. The molecule has 5 nitrogen and oxygen atoms in total. The summed E-state index contributed by atoms with van der Waals surface area (Å²) in [6.45, 7) is 14.4. The van der Waals surface area contributed by atoms with Gasteiger partial charge < -0.3 is 14.5 Å². The van der Waals surface area contributed by atoms with Crippen molar-refractivity contribution in [2.45, 2.75) is 52.4 Å². The van der Waals surface area contributed by atoms with E-state index in [1.807, 2.05) is 6.20 Å². The second kappa shape index (κ2) is 17.0. The van der Waals surface area contributed by atoms with E-state index < -0.39 is 0 Å². The van der Waals surface area contributed by atoms with Crippen molar-refractivity contribution < 1.29 is 4.74 Å². The number of ether oxygens (including phenoxy) is 1. The number of pyridine rings is 1. The molecule has 0 bridgehead atoms. The summed E-state index contributed by atoms with van der Waals surface area (Å²) >= 11 is 0. The molecule has 0 N–H and O–H groups in total. The van der Waals surface area contributed by atoms with Crippen molar-refractivity contribution in [1.29, 1.82) is 0 Å². The van der Waals surface area contributed by atoms with Gasteiger partial charge in [0, 0.05) is 56.7 Å². The minimum Gasteiger partial charge on any atom is -0.457 e. The van der Waals surface area contributed by atoms with Gasteiger partial charge in [-0.2, -0.15) is 0 Å². The van der Waals surface area contributed by atoms with Crippen LogP contribution in [0, 0.1) is 0 Å². The van der Waals surface area contributed by atoms with Crippen molar-refractivity contribution in [3.63, 3.8) is 0 Å². The van der Waals surface area contributed by atoms with E-state index in [0.29, 0.717) is 6.67 Å². The number of hydrogen-bond acceptors (Lipinski definition) is 4. The lowest BCUT2D eigenvalue weighted by Gasteiger charge is -2.27. The zero-order chi connectivity index (χ0) is 49.6. The highest BCUT2D eigenvalue weighted by molar-refractivity contribution is 6.25. The fraction of sp³-hybridized carbons (Fsp3) is 0.132. The first-order valence-electron chi connectivity index (χ1n) is 25.5. The lowest BCUT2D eigenvalue weighted by molar-refractivity contribution is 0.483. The number of para-hydroxylation sites is 4. The Morgan fingerprint density at radius 1 is 0.411 bits per heavy atom. The normalized spacial score (nSPS) is 13.0. The molecule has 0 saturated heterocycles. The zero-order valence-corrected chi connectivity index (χ0v) is 42.2. The molecule has 0 spiro atoms. The highest BCUT2D eigenvalue weighted by Gasteiger charge is 2.31. The summed E-state index contributed by atoms with van der Waals surface area (Å²) in [7, 11) is 0. The van der Waals surface area contributed by atoms with E-state index >= 15 is 0 Å². The van der Waals surface area contributed by atoms with E-state index in [1.54, 1.807) is 0 Å². The maximum Gasteiger partial charge on any atom is 0.145 e. The smallest absolute Gasteiger partial charge is 0.145 e. The zero-order valence-electron chi connectivity index (χ0n) is 42.2. The second-order valence-electron chi connectivity index (χ2n) is 21.6. The predicted molar refractivity (Wildman–Crippen MR) is 308 cm³/mol. The number of benzene rings is 9. The van der Waals surface area contributed by atoms with Crippen LogP contribution < -0.4 is 14.5 Å². The second-order valence-corrected chi connectivity index (χ2v) is 21.6. The number of rotatable bonds is 6. The lowest BCUT2D eigenvalue weighted by atomic mass is 9.83. The van der Waals surface area contributed by atoms with Gasteiger partial charge in [0.25, 0.3) is 0 Å². The van der Waals surface area contributed by atoms with E-state index in [1.165, 1.54) is 66.0 Å². The summed E-state index contributed by atoms with van der Waals surface area (Å²) in [6, 6.07) is 77.2. The van der Waals surface area contributed by atoms with Gasteiger partial charge >= 0.3 is 0 Å². The van der Waals surface area contributed by atoms with Gasteiger partial charge in [-0.1, -0.05) is 181 Å². The molecule has 1 aliphatic rings. The topological polar surface area (TPSA) is 33.0 Å². The summed E-state index contributed by atoms with van der Waals surface area (Å²) in [4.78, 5) is 10.1. The first-order valence-corrected chi connectivity index (χ1v) is 25.5. The molecule has 1 aliphatic heterocycles. The minimum absolute atomic E-state index is 0.0355. The monoisotopic (exact) mass is 944 g/mol. The van der Waals surface area contributed by atoms with Crippen LogP contribution in [0.4, 0.5) is 22.7 Å². The van der Waals surface area contributed by atoms with Crippen molar-refractivity contribution in [2.24, 2.45) is 0 Å². The van der Waals surface area contributed by atoms with Crippen molar-refractivity contribution in [3.05, 3.63) is 230 Å². The van der Waals surface area contributed by atoms with Gasteiger partial charge in [0.1, 0.15) is 23.8 Å². The van der Waals surface area contributed by atoms with Crippen LogP contribution in [0.5, 0.6) is 11.5 Å². The molecule has 5 heteroatoms. The summed E-state index contributed by atoms with van der Waals surface area (Å²) in [6.07, 6.45) is 1.93. The van der Waals surface area contributed by atoms with Gasteiger partial charge in [0.15, 0.2) is 0 Å². The van der Waals surface area contributed by atoms with Crippen LogP contribution in [0.15, 0.2) is 219 Å². The molecular formula is C68H56N4O. The molecule has 0 unspecified atom stereocenters. The average Bonchev–Trinajstić information content (AvgIpc) is 3.97. The van der Waals surface area contributed by atoms with Gasteiger partial charge in [-0.25, -0.2) is 4.98 Å². The SMILES string of the molecule is CC(C)(C)c1ccc2c(c1)c1cc(C(C)(C)C)ccc1c1cccc3c4ccc(Oc5cccc(N6CN(c7c(-c8ccccc8)cccc7-c7ccccc7)c7ccccc76)c5)cc4n(c4ncccc24)c13. The van der Waals surface area contributed by atoms with Crippen molar-refractivity contribution >= 4 is 82.5 Å². The molecule has 0 radical (unpaired) electrons. The fourth-order valence-electron chi connectivity index (χ4n) is 11.3. The number of fused-ring (bicyclic) bond motifs is 11. The van der Waals surface area contributed by atoms with Crippen molar-refractivity contribution in [1.82, 2.24) is 9.38 Å². The standard InChI is InChI=1S/C68H56N4O/c1-67(2,3)46-32-35-53-56-27-17-28-57-55-37-34-50(42-63(55)72(65(56)57)66-58(29-18-38-69-66)54-36-33-47(68(4,5)6)40-60(54)59(53)39-46)73-49-24-15-23-48(41-49)70-43-71(62-31-14-13-30-61(62)70)64-51(44-19-9-7-10-20-44)25-16-26-52(64)45-21-11-8-12-22-45/h7-42H,43H2,1-6H3. The summed E-state index contributed by atoms with van der Waals surface area (Å²) in [5.74, 6) is 1.51. The van der Waals surface area contributed by atoms with E-state index in [4.69, 9.17) is 9.72 Å². The Kier molecular flexibility index (Phi) is 10.3.